The van der Waals surface area contributed by atoms with Crippen LogP contribution in [0.25, 0.3) is 0 Å². The first-order chi connectivity index (χ1) is 15.4. The molecule has 0 aliphatic carbocycles. The van der Waals surface area contributed by atoms with Gasteiger partial charge in [-0.2, -0.15) is 0 Å². The van der Waals surface area contributed by atoms with Crippen molar-refractivity contribution in [1.29, 1.82) is 0 Å². The smallest absolute Gasteiger partial charge is 0.318 e. The fourth-order valence-corrected chi connectivity index (χ4v) is 3.58. The maximum Gasteiger partial charge on any atom is 0.318 e. The number of benzene rings is 3. The molecule has 0 bridgehead atoms. The molecule has 3 rings (SSSR count). The number of carbonyl (C=O) groups excluding carboxylic acids is 1. The summed E-state index contributed by atoms with van der Waals surface area (Å²) < 4.78 is 5.83. The number of rotatable bonds is 10. The van der Waals surface area contributed by atoms with Crippen LogP contribution in [0.3, 0.4) is 0 Å². The van der Waals surface area contributed by atoms with Gasteiger partial charge in [-0.05, 0) is 35.4 Å². The van der Waals surface area contributed by atoms with Gasteiger partial charge in [-0.1, -0.05) is 66.2 Å². The lowest BCUT2D eigenvalue weighted by molar-refractivity contribution is -0.155. The third-order valence-corrected chi connectivity index (χ3v) is 5.31. The largest absolute Gasteiger partial charge is 0.488 e. The maximum atomic E-state index is 13.2. The van der Waals surface area contributed by atoms with Gasteiger partial charge < -0.3 is 14.9 Å². The second-order valence-electron chi connectivity index (χ2n) is 7.21. The fraction of sp³-hybridized carbons (Fsp3) is 0.160. The Morgan fingerprint density at radius 2 is 1.41 bits per heavy atom. The molecule has 1 atom stereocenters. The molecule has 164 valence electrons. The highest BCUT2D eigenvalue weighted by molar-refractivity contribution is 6.30. The Balaban J connectivity index is 1.88. The van der Waals surface area contributed by atoms with E-state index >= 15 is 0 Å². The van der Waals surface area contributed by atoms with Crippen molar-refractivity contribution in [2.45, 2.75) is 18.9 Å². The van der Waals surface area contributed by atoms with E-state index in [1.807, 2.05) is 30.3 Å². The molecule has 0 fully saturated rings. The molecule has 0 radical (unpaired) electrons. The van der Waals surface area contributed by atoms with E-state index in [0.717, 1.165) is 5.56 Å². The standard InChI is InChI=1S/C25H21ClO6/c26-18-12-10-17(11-13-18)20(23(24(28)29)25(30)31)14-21(27)19-8-4-5-9-22(19)32-15-16-6-2-1-3-7-16/h1-13,20,23H,14-15H2,(H,28,29)(H,30,31). The topological polar surface area (TPSA) is 101 Å². The van der Waals surface area contributed by atoms with E-state index in [9.17, 15) is 24.6 Å². The predicted octanol–water partition coefficient (Wildman–Crippen LogP) is 5.06. The third kappa shape index (κ3) is 5.74. The molecule has 0 saturated heterocycles. The van der Waals surface area contributed by atoms with Gasteiger partial charge in [0.15, 0.2) is 11.7 Å². The molecule has 7 heteroatoms. The Kier molecular flexibility index (Phi) is 7.63. The highest BCUT2D eigenvalue weighted by Crippen LogP contribution is 2.33. The van der Waals surface area contributed by atoms with Gasteiger partial charge in [0.2, 0.25) is 0 Å². The van der Waals surface area contributed by atoms with Crippen molar-refractivity contribution in [2.24, 2.45) is 5.92 Å². The normalized spacial score (nSPS) is 11.7. The monoisotopic (exact) mass is 452 g/mol. The van der Waals surface area contributed by atoms with Crippen molar-refractivity contribution in [3.05, 3.63) is 101 Å². The van der Waals surface area contributed by atoms with E-state index in [2.05, 4.69) is 0 Å². The Hall–Kier alpha value is -3.64. The minimum Gasteiger partial charge on any atom is -0.488 e. The van der Waals surface area contributed by atoms with Crippen molar-refractivity contribution in [2.75, 3.05) is 0 Å². The lowest BCUT2D eigenvalue weighted by Gasteiger charge is -2.21. The number of hydrogen-bond acceptors (Lipinski definition) is 4. The van der Waals surface area contributed by atoms with E-state index < -0.39 is 29.6 Å². The molecule has 3 aromatic carbocycles. The molecule has 0 amide bonds. The zero-order valence-corrected chi connectivity index (χ0v) is 17.7. The summed E-state index contributed by atoms with van der Waals surface area (Å²) in [4.78, 5) is 36.6. The van der Waals surface area contributed by atoms with Gasteiger partial charge in [-0.15, -0.1) is 0 Å². The summed E-state index contributed by atoms with van der Waals surface area (Å²) in [6.45, 7) is 0.249. The van der Waals surface area contributed by atoms with Gasteiger partial charge in [0, 0.05) is 17.4 Å². The number of carboxylic acids is 2. The van der Waals surface area contributed by atoms with Crippen molar-refractivity contribution in [3.63, 3.8) is 0 Å². The second kappa shape index (κ2) is 10.6. The molecule has 3 aromatic rings. The van der Waals surface area contributed by atoms with Crippen LogP contribution in [-0.4, -0.2) is 27.9 Å². The lowest BCUT2D eigenvalue weighted by Crippen LogP contribution is -2.31. The molecule has 0 aromatic heterocycles. The number of hydrogen-bond donors (Lipinski definition) is 2. The van der Waals surface area contributed by atoms with Crippen LogP contribution in [0, 0.1) is 5.92 Å². The molecule has 0 saturated carbocycles. The molecular formula is C25H21ClO6. The number of para-hydroxylation sites is 1. The Morgan fingerprint density at radius 3 is 2.03 bits per heavy atom. The lowest BCUT2D eigenvalue weighted by atomic mass is 9.81. The average Bonchev–Trinajstić information content (AvgIpc) is 2.78. The van der Waals surface area contributed by atoms with E-state index in [1.54, 1.807) is 24.3 Å². The van der Waals surface area contributed by atoms with Gasteiger partial charge in [0.1, 0.15) is 12.4 Å². The van der Waals surface area contributed by atoms with Gasteiger partial charge >= 0.3 is 11.9 Å². The number of carbonyl (C=O) groups is 3. The minimum atomic E-state index is -1.79. The summed E-state index contributed by atoms with van der Waals surface area (Å²) in [6, 6.07) is 22.2. The number of ether oxygens (including phenoxy) is 1. The van der Waals surface area contributed by atoms with Crippen LogP contribution in [0.1, 0.15) is 33.8 Å². The van der Waals surface area contributed by atoms with E-state index in [4.69, 9.17) is 16.3 Å². The van der Waals surface area contributed by atoms with Crippen molar-refractivity contribution < 1.29 is 29.3 Å². The Bertz CT molecular complexity index is 1080. The SMILES string of the molecule is O=C(CC(c1ccc(Cl)cc1)C(C(=O)O)C(=O)O)c1ccccc1OCc1ccccc1. The van der Waals surface area contributed by atoms with Gasteiger partial charge in [0.25, 0.3) is 0 Å². The van der Waals surface area contributed by atoms with Crippen LogP contribution in [0.2, 0.25) is 5.02 Å². The molecule has 2 N–H and O–H groups in total. The average molecular weight is 453 g/mol. The molecular weight excluding hydrogens is 432 g/mol. The maximum absolute atomic E-state index is 13.2. The minimum absolute atomic E-state index is 0.249. The molecule has 32 heavy (non-hydrogen) atoms. The summed E-state index contributed by atoms with van der Waals surface area (Å²) in [5.74, 6) is -5.98. The molecule has 0 aliphatic rings. The second-order valence-corrected chi connectivity index (χ2v) is 7.65. The van der Waals surface area contributed by atoms with Crippen LogP contribution < -0.4 is 4.74 Å². The van der Waals surface area contributed by atoms with Crippen molar-refractivity contribution in [3.8, 4) is 5.75 Å². The number of ketones is 1. The predicted molar refractivity (Wildman–Crippen MR) is 119 cm³/mol. The van der Waals surface area contributed by atoms with Crippen LogP contribution in [0.15, 0.2) is 78.9 Å². The van der Waals surface area contributed by atoms with Crippen molar-refractivity contribution >= 4 is 29.3 Å². The highest BCUT2D eigenvalue weighted by atomic mass is 35.5. The Morgan fingerprint density at radius 1 is 0.812 bits per heavy atom. The summed E-state index contributed by atoms with van der Waals surface area (Å²) >= 11 is 5.91. The van der Waals surface area contributed by atoms with E-state index in [-0.39, 0.29) is 18.6 Å². The number of halogens is 1. The summed E-state index contributed by atoms with van der Waals surface area (Å²) in [7, 11) is 0. The number of carboxylic acid groups (broad SMARTS) is 2. The molecule has 1 unspecified atom stereocenters. The first kappa shape index (κ1) is 23.0. The Labute approximate surface area is 190 Å². The number of Topliss-reactive ketones (excluding diaryl/α,β-unsaturated/α-hetero) is 1. The van der Waals surface area contributed by atoms with Crippen LogP contribution in [0.5, 0.6) is 5.75 Å². The zero-order chi connectivity index (χ0) is 23.1. The summed E-state index contributed by atoms with van der Waals surface area (Å²) in [5.41, 5.74) is 1.59. The van der Waals surface area contributed by atoms with E-state index in [0.29, 0.717) is 16.3 Å². The van der Waals surface area contributed by atoms with Gasteiger partial charge in [-0.25, -0.2) is 0 Å². The quantitative estimate of drug-likeness (QED) is 0.329. The first-order valence-corrected chi connectivity index (χ1v) is 10.2. The molecule has 6 nitrogen and oxygen atoms in total. The molecule has 0 spiro atoms. The van der Waals surface area contributed by atoms with Gasteiger partial charge in [0.05, 0.1) is 5.56 Å². The number of aliphatic carboxylic acids is 2. The zero-order valence-electron chi connectivity index (χ0n) is 17.0. The fourth-order valence-electron chi connectivity index (χ4n) is 3.46. The highest BCUT2D eigenvalue weighted by Gasteiger charge is 2.37. The molecule has 0 aliphatic heterocycles. The van der Waals surface area contributed by atoms with Gasteiger partial charge in [-0.3, -0.25) is 14.4 Å². The first-order valence-electron chi connectivity index (χ1n) is 9.87. The van der Waals surface area contributed by atoms with Crippen LogP contribution in [-0.2, 0) is 16.2 Å². The van der Waals surface area contributed by atoms with Crippen LogP contribution >= 0.6 is 11.6 Å². The third-order valence-electron chi connectivity index (χ3n) is 5.06. The van der Waals surface area contributed by atoms with Crippen molar-refractivity contribution in [1.82, 2.24) is 0 Å². The molecule has 0 heterocycles. The summed E-state index contributed by atoms with van der Waals surface area (Å²) in [6.07, 6.45) is -0.323. The van der Waals surface area contributed by atoms with E-state index in [1.165, 1.54) is 24.3 Å². The summed E-state index contributed by atoms with van der Waals surface area (Å²) in [5, 5.41) is 19.5. The van der Waals surface area contributed by atoms with Crippen LogP contribution in [0.4, 0.5) is 0 Å².